The number of hydrogen-bond acceptors (Lipinski definition) is 5. The van der Waals surface area contributed by atoms with Crippen molar-refractivity contribution >= 4 is 34.3 Å². The predicted octanol–water partition coefficient (Wildman–Crippen LogP) is 4.19. The summed E-state index contributed by atoms with van der Waals surface area (Å²) in [5.41, 5.74) is 3.43. The average Bonchev–Trinajstić information content (AvgIpc) is 3.19. The van der Waals surface area contributed by atoms with E-state index in [0.29, 0.717) is 33.9 Å². The second-order valence-corrected chi connectivity index (χ2v) is 9.15. The quantitative estimate of drug-likeness (QED) is 0.428. The summed E-state index contributed by atoms with van der Waals surface area (Å²) in [6.07, 6.45) is 0.800. The first-order chi connectivity index (χ1) is 15.4. The molecule has 0 unspecified atom stereocenters. The van der Waals surface area contributed by atoms with E-state index in [1.54, 1.807) is 34.5 Å². The van der Waals surface area contributed by atoms with E-state index in [1.807, 2.05) is 25.2 Å². The minimum Gasteiger partial charge on any atom is -0.350 e. The molecule has 2 heterocycles. The van der Waals surface area contributed by atoms with Crippen LogP contribution in [0.3, 0.4) is 0 Å². The fourth-order valence-corrected chi connectivity index (χ4v) is 4.52. The zero-order chi connectivity index (χ0) is 22.8. The van der Waals surface area contributed by atoms with Crippen LogP contribution in [0.15, 0.2) is 52.4 Å². The molecule has 0 fully saturated rings. The number of aryl methyl sites for hydroxylation is 2. The molecule has 1 amide bonds. The van der Waals surface area contributed by atoms with Crippen LogP contribution >= 0.6 is 11.8 Å². The summed E-state index contributed by atoms with van der Waals surface area (Å²) in [5, 5.41) is 12.9. The highest BCUT2D eigenvalue weighted by Gasteiger charge is 2.18. The lowest BCUT2D eigenvalue weighted by atomic mass is 10.1. The minimum atomic E-state index is -0.172. The van der Waals surface area contributed by atoms with Gasteiger partial charge in [0.15, 0.2) is 5.16 Å². The number of hydrogen-bond donors (Lipinski definition) is 1. The van der Waals surface area contributed by atoms with Crippen molar-refractivity contribution < 1.29 is 4.79 Å². The maximum absolute atomic E-state index is 13.2. The standard InChI is InChI=1S/C24H27N5O2S/c1-5-12-28-22(31)19-11-10-18(21(30)25-15(2)3)13-20(19)29-23(28)26-27-24(29)32-14-17-8-6-16(4)7-9-17/h6-11,13,15H,5,12,14H2,1-4H3,(H,25,30). The van der Waals surface area contributed by atoms with Crippen LogP contribution in [0, 0.1) is 6.92 Å². The van der Waals surface area contributed by atoms with E-state index < -0.39 is 0 Å². The third-order valence-electron chi connectivity index (χ3n) is 5.19. The first kappa shape index (κ1) is 22.1. The molecule has 0 aliphatic rings. The zero-order valence-corrected chi connectivity index (χ0v) is 19.6. The molecule has 0 bridgehead atoms. The van der Waals surface area contributed by atoms with Gasteiger partial charge in [0.2, 0.25) is 5.78 Å². The van der Waals surface area contributed by atoms with Gasteiger partial charge in [0.05, 0.1) is 10.9 Å². The number of nitrogens with one attached hydrogen (secondary N) is 1. The van der Waals surface area contributed by atoms with E-state index in [0.717, 1.165) is 12.2 Å². The van der Waals surface area contributed by atoms with Crippen molar-refractivity contribution in [2.24, 2.45) is 0 Å². The van der Waals surface area contributed by atoms with Gasteiger partial charge in [-0.05, 0) is 51.0 Å². The number of carbonyl (C=O) groups excluding carboxylic acids is 1. The lowest BCUT2D eigenvalue weighted by Crippen LogP contribution is -2.30. The van der Waals surface area contributed by atoms with Gasteiger partial charge in [-0.25, -0.2) is 0 Å². The summed E-state index contributed by atoms with van der Waals surface area (Å²) in [4.78, 5) is 25.8. The third-order valence-corrected chi connectivity index (χ3v) is 6.19. The Balaban J connectivity index is 1.85. The summed E-state index contributed by atoms with van der Waals surface area (Å²) in [5.74, 6) is 1.05. The molecule has 166 valence electrons. The number of fused-ring (bicyclic) bond motifs is 3. The molecule has 8 heteroatoms. The molecule has 0 atom stereocenters. The second-order valence-electron chi connectivity index (χ2n) is 8.21. The van der Waals surface area contributed by atoms with Crippen LogP contribution in [-0.2, 0) is 12.3 Å². The molecule has 4 rings (SSSR count). The van der Waals surface area contributed by atoms with E-state index in [-0.39, 0.29) is 17.5 Å². The van der Waals surface area contributed by atoms with Crippen molar-refractivity contribution in [2.45, 2.75) is 57.6 Å². The van der Waals surface area contributed by atoms with Gasteiger partial charge < -0.3 is 5.32 Å². The van der Waals surface area contributed by atoms with Gasteiger partial charge in [-0.1, -0.05) is 48.5 Å². The number of amides is 1. The summed E-state index contributed by atoms with van der Waals surface area (Å²) in [6.45, 7) is 8.47. The normalized spacial score (nSPS) is 11.5. The van der Waals surface area contributed by atoms with E-state index in [9.17, 15) is 9.59 Å². The molecule has 0 saturated heterocycles. The monoisotopic (exact) mass is 449 g/mol. The Labute approximate surface area is 190 Å². The highest BCUT2D eigenvalue weighted by Crippen LogP contribution is 2.25. The van der Waals surface area contributed by atoms with Gasteiger partial charge in [-0.3, -0.25) is 18.6 Å². The highest BCUT2D eigenvalue weighted by atomic mass is 32.2. The van der Waals surface area contributed by atoms with Crippen molar-refractivity contribution in [3.05, 3.63) is 69.5 Å². The van der Waals surface area contributed by atoms with Crippen LogP contribution in [0.2, 0.25) is 0 Å². The molecule has 7 nitrogen and oxygen atoms in total. The van der Waals surface area contributed by atoms with Gasteiger partial charge in [0.25, 0.3) is 11.5 Å². The summed E-state index contributed by atoms with van der Waals surface area (Å²) >= 11 is 1.56. The average molecular weight is 450 g/mol. The smallest absolute Gasteiger partial charge is 0.262 e. The Morgan fingerprint density at radius 1 is 1.12 bits per heavy atom. The number of carbonyl (C=O) groups is 1. The maximum atomic E-state index is 13.2. The summed E-state index contributed by atoms with van der Waals surface area (Å²) < 4.78 is 3.57. The van der Waals surface area contributed by atoms with Crippen molar-refractivity contribution in [3.8, 4) is 0 Å². The van der Waals surface area contributed by atoms with Crippen LogP contribution in [-0.4, -0.2) is 31.1 Å². The number of benzene rings is 2. The van der Waals surface area contributed by atoms with Gasteiger partial charge in [-0.2, -0.15) is 0 Å². The largest absolute Gasteiger partial charge is 0.350 e. The van der Waals surface area contributed by atoms with Gasteiger partial charge in [0.1, 0.15) is 0 Å². The number of thioether (sulfide) groups is 1. The molecule has 0 spiro atoms. The zero-order valence-electron chi connectivity index (χ0n) is 18.8. The molecular weight excluding hydrogens is 422 g/mol. The van der Waals surface area contributed by atoms with Crippen molar-refractivity contribution in [1.29, 1.82) is 0 Å². The van der Waals surface area contributed by atoms with E-state index in [2.05, 4.69) is 46.7 Å². The van der Waals surface area contributed by atoms with E-state index in [1.165, 1.54) is 11.1 Å². The summed E-state index contributed by atoms with van der Waals surface area (Å²) in [6, 6.07) is 13.6. The minimum absolute atomic E-state index is 0.0197. The lowest BCUT2D eigenvalue weighted by Gasteiger charge is -2.13. The molecule has 2 aromatic carbocycles. The highest BCUT2D eigenvalue weighted by molar-refractivity contribution is 7.98. The number of rotatable bonds is 7. The maximum Gasteiger partial charge on any atom is 0.262 e. The fraction of sp³-hybridized carbons (Fsp3) is 0.333. The first-order valence-electron chi connectivity index (χ1n) is 10.8. The van der Waals surface area contributed by atoms with Gasteiger partial charge in [-0.15, -0.1) is 10.2 Å². The van der Waals surface area contributed by atoms with E-state index >= 15 is 0 Å². The van der Waals surface area contributed by atoms with Crippen LogP contribution in [0.1, 0.15) is 48.7 Å². The first-order valence-corrected chi connectivity index (χ1v) is 11.8. The molecule has 2 aromatic heterocycles. The lowest BCUT2D eigenvalue weighted by molar-refractivity contribution is 0.0943. The van der Waals surface area contributed by atoms with Crippen molar-refractivity contribution in [2.75, 3.05) is 0 Å². The Kier molecular flexibility index (Phi) is 6.32. The van der Waals surface area contributed by atoms with Crippen LogP contribution in [0.5, 0.6) is 0 Å². The Bertz CT molecular complexity index is 1340. The summed E-state index contributed by atoms with van der Waals surface area (Å²) in [7, 11) is 0. The van der Waals surface area contributed by atoms with Gasteiger partial charge >= 0.3 is 0 Å². The topological polar surface area (TPSA) is 81.3 Å². The second kappa shape index (κ2) is 9.16. The van der Waals surface area contributed by atoms with Crippen LogP contribution < -0.4 is 10.9 Å². The molecule has 0 aliphatic carbocycles. The SMILES string of the molecule is CCCn1c(=O)c2ccc(C(=O)NC(C)C)cc2n2c(SCc3ccc(C)cc3)nnc12. The molecule has 0 aliphatic heterocycles. The molecular formula is C24H27N5O2S. The Hall–Kier alpha value is -3.13. The number of nitrogens with zero attached hydrogens (tertiary/aromatic N) is 4. The molecule has 0 saturated carbocycles. The Morgan fingerprint density at radius 3 is 2.56 bits per heavy atom. The van der Waals surface area contributed by atoms with Crippen LogP contribution in [0.25, 0.3) is 16.7 Å². The predicted molar refractivity (Wildman–Crippen MR) is 128 cm³/mol. The van der Waals surface area contributed by atoms with Crippen LogP contribution in [0.4, 0.5) is 0 Å². The molecule has 4 aromatic rings. The van der Waals surface area contributed by atoms with Crippen molar-refractivity contribution in [1.82, 2.24) is 24.5 Å². The van der Waals surface area contributed by atoms with Gasteiger partial charge in [0, 0.05) is 23.9 Å². The molecule has 32 heavy (non-hydrogen) atoms. The van der Waals surface area contributed by atoms with E-state index in [4.69, 9.17) is 0 Å². The molecule has 1 N–H and O–H groups in total. The Morgan fingerprint density at radius 2 is 1.88 bits per heavy atom. The fourth-order valence-electron chi connectivity index (χ4n) is 3.62. The molecule has 0 radical (unpaired) electrons. The number of aromatic nitrogens is 4. The third kappa shape index (κ3) is 4.27. The van der Waals surface area contributed by atoms with Crippen molar-refractivity contribution in [3.63, 3.8) is 0 Å².